The van der Waals surface area contributed by atoms with Gasteiger partial charge in [0.05, 0.1) is 11.3 Å². The van der Waals surface area contributed by atoms with E-state index in [4.69, 9.17) is 9.47 Å². The maximum atomic E-state index is 13.4. The minimum Gasteiger partial charge on any atom is -0.359 e. The predicted molar refractivity (Wildman–Crippen MR) is 108 cm³/mol. The van der Waals surface area contributed by atoms with Crippen molar-refractivity contribution in [3.63, 3.8) is 0 Å². The van der Waals surface area contributed by atoms with Crippen molar-refractivity contribution in [2.45, 2.75) is 25.0 Å². The Morgan fingerprint density at radius 3 is 2.50 bits per heavy atom. The Morgan fingerprint density at radius 2 is 1.89 bits per heavy atom. The molecule has 0 saturated carbocycles. The summed E-state index contributed by atoms with van der Waals surface area (Å²) in [7, 11) is 6.43. The van der Waals surface area contributed by atoms with E-state index in [1.54, 1.807) is 24.7 Å². The molecule has 0 spiro atoms. The Hall–Kier alpha value is -2.70. The number of amides is 1. The number of hydrogen-bond acceptors (Lipinski definition) is 4. The van der Waals surface area contributed by atoms with Crippen molar-refractivity contribution in [3.8, 4) is 11.3 Å². The van der Waals surface area contributed by atoms with E-state index in [1.165, 1.54) is 14.2 Å². The number of methoxy groups -OCH3 is 2. The number of carbonyl (C=O) groups is 1. The number of aromatic nitrogens is 1. The van der Waals surface area contributed by atoms with E-state index in [0.717, 1.165) is 22.4 Å². The highest BCUT2D eigenvalue weighted by Gasteiger charge is 2.39. The normalized spacial score (nSPS) is 14.6. The van der Waals surface area contributed by atoms with Gasteiger partial charge in [-0.15, -0.1) is 0 Å². The average Bonchev–Trinajstić information content (AvgIpc) is 2.74. The van der Waals surface area contributed by atoms with E-state index in [9.17, 15) is 9.59 Å². The molecule has 0 aliphatic heterocycles. The topological polar surface area (TPSA) is 69.6 Å². The lowest BCUT2D eigenvalue weighted by molar-refractivity contribution is -0.180. The molecule has 1 aliphatic rings. The van der Waals surface area contributed by atoms with Crippen molar-refractivity contribution < 1.29 is 14.3 Å². The summed E-state index contributed by atoms with van der Waals surface area (Å²) in [6, 6.07) is 9.77. The fraction of sp³-hybridized carbons (Fsp3) is 0.364. The van der Waals surface area contributed by atoms with Crippen LogP contribution in [-0.4, -0.2) is 31.7 Å². The lowest BCUT2D eigenvalue weighted by Gasteiger charge is -2.34. The van der Waals surface area contributed by atoms with Crippen LogP contribution in [0.5, 0.6) is 0 Å². The van der Waals surface area contributed by atoms with Crippen molar-refractivity contribution >= 4 is 5.91 Å². The number of fused-ring (bicyclic) bond motifs is 1. The first kappa shape index (κ1) is 20.0. The zero-order valence-corrected chi connectivity index (χ0v) is 16.7. The Labute approximate surface area is 164 Å². The van der Waals surface area contributed by atoms with Gasteiger partial charge in [0, 0.05) is 34.7 Å². The molecule has 1 heterocycles. The Morgan fingerprint density at radius 1 is 1.21 bits per heavy atom. The first-order valence-electron chi connectivity index (χ1n) is 9.28. The van der Waals surface area contributed by atoms with E-state index < -0.39 is 5.79 Å². The number of rotatable bonds is 6. The van der Waals surface area contributed by atoms with Crippen LogP contribution in [0.4, 0.5) is 0 Å². The summed E-state index contributed by atoms with van der Waals surface area (Å²) in [5.41, 5.74) is 3.92. The van der Waals surface area contributed by atoms with E-state index in [1.807, 2.05) is 36.4 Å². The van der Waals surface area contributed by atoms with E-state index in [2.05, 4.69) is 5.32 Å². The number of nitrogens with one attached hydrogen (secondary N) is 1. The van der Waals surface area contributed by atoms with Crippen LogP contribution in [0, 0.1) is 0 Å². The number of carbonyl (C=O) groups excluding carboxylic acids is 1. The number of allylic oxidation sites excluding steroid dienone is 1. The minimum atomic E-state index is -1.22. The third-order valence-corrected chi connectivity index (χ3v) is 5.35. The van der Waals surface area contributed by atoms with E-state index in [-0.39, 0.29) is 11.5 Å². The Kier molecular flexibility index (Phi) is 5.82. The van der Waals surface area contributed by atoms with Gasteiger partial charge in [-0.3, -0.25) is 9.59 Å². The van der Waals surface area contributed by atoms with Gasteiger partial charge in [0.1, 0.15) is 0 Å². The van der Waals surface area contributed by atoms with Crippen LogP contribution in [0.1, 0.15) is 23.1 Å². The van der Waals surface area contributed by atoms with Crippen LogP contribution in [0.15, 0.2) is 47.3 Å². The molecule has 28 heavy (non-hydrogen) atoms. The van der Waals surface area contributed by atoms with Crippen molar-refractivity contribution in [2.24, 2.45) is 7.05 Å². The van der Waals surface area contributed by atoms with Crippen LogP contribution < -0.4 is 10.9 Å². The third-order valence-electron chi connectivity index (χ3n) is 5.35. The zero-order valence-electron chi connectivity index (χ0n) is 16.7. The summed E-state index contributed by atoms with van der Waals surface area (Å²) in [6.45, 7) is 0. The van der Waals surface area contributed by atoms with Gasteiger partial charge in [0.2, 0.25) is 11.7 Å². The highest BCUT2D eigenvalue weighted by Crippen LogP contribution is 2.37. The fourth-order valence-corrected chi connectivity index (χ4v) is 3.91. The lowest BCUT2D eigenvalue weighted by Crippen LogP contribution is -2.41. The molecular formula is C22H26N2O4. The van der Waals surface area contributed by atoms with Crippen LogP contribution in [0.2, 0.25) is 0 Å². The third kappa shape index (κ3) is 3.30. The van der Waals surface area contributed by atoms with Crippen LogP contribution in [0.3, 0.4) is 0 Å². The van der Waals surface area contributed by atoms with Gasteiger partial charge in [-0.2, -0.15) is 0 Å². The second-order valence-electron chi connectivity index (χ2n) is 6.77. The fourth-order valence-electron chi connectivity index (χ4n) is 3.91. The molecule has 1 aromatic carbocycles. The number of hydrogen-bond donors (Lipinski definition) is 1. The number of pyridine rings is 1. The summed E-state index contributed by atoms with van der Waals surface area (Å²) < 4.78 is 12.9. The lowest BCUT2D eigenvalue weighted by atomic mass is 9.85. The van der Waals surface area contributed by atoms with Gasteiger partial charge < -0.3 is 19.4 Å². The molecular weight excluding hydrogens is 356 g/mol. The van der Waals surface area contributed by atoms with Gasteiger partial charge in [-0.1, -0.05) is 36.4 Å². The molecule has 148 valence electrons. The number of ether oxygens (including phenoxy) is 2. The smallest absolute Gasteiger partial charge is 0.260 e. The van der Waals surface area contributed by atoms with Gasteiger partial charge in [0.15, 0.2) is 0 Å². The number of benzene rings is 1. The predicted octanol–water partition coefficient (Wildman–Crippen LogP) is 2.29. The highest BCUT2D eigenvalue weighted by molar-refractivity contribution is 5.77. The van der Waals surface area contributed by atoms with Crippen molar-refractivity contribution in [2.75, 3.05) is 21.3 Å². The molecule has 0 bridgehead atoms. The maximum Gasteiger partial charge on any atom is 0.260 e. The molecule has 0 atom stereocenters. The average molecular weight is 382 g/mol. The molecule has 1 N–H and O–H groups in total. The van der Waals surface area contributed by atoms with Crippen LogP contribution in [-0.2, 0) is 39.9 Å². The summed E-state index contributed by atoms with van der Waals surface area (Å²) in [6.07, 6.45) is 5.16. The van der Waals surface area contributed by atoms with Gasteiger partial charge in [0.25, 0.3) is 5.56 Å². The van der Waals surface area contributed by atoms with Crippen LogP contribution >= 0.6 is 0 Å². The molecule has 6 nitrogen and oxygen atoms in total. The van der Waals surface area contributed by atoms with Gasteiger partial charge in [-0.25, -0.2) is 0 Å². The molecule has 0 radical (unpaired) electrons. The second kappa shape index (κ2) is 8.12. The number of nitrogens with zero attached hydrogens (tertiary/aromatic N) is 1. The first-order chi connectivity index (χ1) is 13.5. The molecule has 1 aliphatic carbocycles. The SMILES string of the molecule is CNC(=O)CCc1c2c(c(=O)n(C)c1-c1ccccc1)C(OC)(OC)C=CC2. The van der Waals surface area contributed by atoms with Crippen LogP contribution in [0.25, 0.3) is 11.3 Å². The molecule has 0 fully saturated rings. The maximum absolute atomic E-state index is 13.4. The summed E-state index contributed by atoms with van der Waals surface area (Å²) >= 11 is 0. The molecule has 2 aromatic rings. The molecule has 1 amide bonds. The van der Waals surface area contributed by atoms with E-state index in [0.29, 0.717) is 24.8 Å². The molecule has 1 aromatic heterocycles. The molecule has 0 saturated heterocycles. The Bertz CT molecular complexity index is 957. The standard InChI is InChI=1S/C22H26N2O4/c1-23-18(25)13-12-17-16-11-8-14-22(27-3,28-4)19(16)21(26)24(2)20(17)15-9-6-5-7-10-15/h5-10,14H,11-13H2,1-4H3,(H,23,25). The molecule has 0 unspecified atom stereocenters. The van der Waals surface area contributed by atoms with Crippen molar-refractivity contribution in [3.05, 3.63) is 69.5 Å². The van der Waals surface area contributed by atoms with Crippen molar-refractivity contribution in [1.82, 2.24) is 9.88 Å². The largest absolute Gasteiger partial charge is 0.359 e. The summed E-state index contributed by atoms with van der Waals surface area (Å²) in [5.74, 6) is -1.27. The van der Waals surface area contributed by atoms with Gasteiger partial charge in [-0.05, 0) is 35.6 Å². The van der Waals surface area contributed by atoms with Gasteiger partial charge >= 0.3 is 0 Å². The molecule has 6 heteroatoms. The monoisotopic (exact) mass is 382 g/mol. The second-order valence-corrected chi connectivity index (χ2v) is 6.77. The Balaban J connectivity index is 2.32. The molecule has 3 rings (SSSR count). The minimum absolute atomic E-state index is 0.0438. The quantitative estimate of drug-likeness (QED) is 0.615. The summed E-state index contributed by atoms with van der Waals surface area (Å²) in [4.78, 5) is 25.3. The van der Waals surface area contributed by atoms with Crippen molar-refractivity contribution in [1.29, 1.82) is 0 Å². The first-order valence-corrected chi connectivity index (χ1v) is 9.28. The van der Waals surface area contributed by atoms with E-state index >= 15 is 0 Å². The summed E-state index contributed by atoms with van der Waals surface area (Å²) in [5, 5.41) is 2.67. The highest BCUT2D eigenvalue weighted by atomic mass is 16.7. The zero-order chi connectivity index (χ0) is 20.3.